The van der Waals surface area contributed by atoms with Gasteiger partial charge < -0.3 is 4.90 Å². The molecule has 0 bridgehead atoms. The first-order chi connectivity index (χ1) is 8.99. The van der Waals surface area contributed by atoms with Gasteiger partial charge in [-0.2, -0.15) is 0 Å². The number of hydrogen-bond acceptors (Lipinski definition) is 2. The number of amides is 1. The van der Waals surface area contributed by atoms with Gasteiger partial charge in [0, 0.05) is 6.04 Å². The van der Waals surface area contributed by atoms with Gasteiger partial charge in [0.1, 0.15) is 0 Å². The average molecular weight is 266 g/mol. The van der Waals surface area contributed by atoms with Gasteiger partial charge in [-0.15, -0.1) is 0 Å². The maximum absolute atomic E-state index is 12.6. The molecule has 1 aliphatic heterocycles. The van der Waals surface area contributed by atoms with Crippen molar-refractivity contribution in [2.75, 3.05) is 0 Å². The maximum Gasteiger partial charge on any atom is 0.241 e. The summed E-state index contributed by atoms with van der Waals surface area (Å²) in [5.41, 5.74) is 0. The number of nitrogens with one attached hydrogen (secondary N) is 1. The van der Waals surface area contributed by atoms with E-state index in [1.807, 2.05) is 0 Å². The minimum absolute atomic E-state index is 0.0516. The highest BCUT2D eigenvalue weighted by Gasteiger charge is 2.40. The van der Waals surface area contributed by atoms with Crippen LogP contribution < -0.4 is 5.32 Å². The summed E-state index contributed by atoms with van der Waals surface area (Å²) in [5.74, 6) is 1.75. The van der Waals surface area contributed by atoms with Crippen LogP contribution in [0.3, 0.4) is 0 Å². The van der Waals surface area contributed by atoms with Crippen LogP contribution in [0.4, 0.5) is 0 Å². The van der Waals surface area contributed by atoms with Crippen LogP contribution in [-0.4, -0.2) is 29.1 Å². The molecule has 2 fully saturated rings. The van der Waals surface area contributed by atoms with Crippen LogP contribution in [0.5, 0.6) is 0 Å². The van der Waals surface area contributed by atoms with E-state index in [1.54, 1.807) is 0 Å². The van der Waals surface area contributed by atoms with Gasteiger partial charge in [-0.3, -0.25) is 10.1 Å². The average Bonchev–Trinajstić information content (AvgIpc) is 2.51. The monoisotopic (exact) mass is 266 g/mol. The fourth-order valence-corrected chi connectivity index (χ4v) is 3.70. The molecule has 4 atom stereocenters. The van der Waals surface area contributed by atoms with Crippen LogP contribution in [0.25, 0.3) is 0 Å². The molecule has 3 nitrogen and oxygen atoms in total. The Kier molecular flexibility index (Phi) is 4.88. The molecule has 1 saturated carbocycles. The van der Waals surface area contributed by atoms with Crippen molar-refractivity contribution in [1.29, 1.82) is 0 Å². The van der Waals surface area contributed by atoms with Gasteiger partial charge in [0.15, 0.2) is 0 Å². The van der Waals surface area contributed by atoms with Gasteiger partial charge in [-0.05, 0) is 44.4 Å². The van der Waals surface area contributed by atoms with Crippen molar-refractivity contribution in [3.05, 3.63) is 0 Å². The molecule has 4 unspecified atom stereocenters. The summed E-state index contributed by atoms with van der Waals surface area (Å²) >= 11 is 0. The largest absolute Gasteiger partial charge is 0.323 e. The van der Waals surface area contributed by atoms with E-state index in [1.165, 1.54) is 32.1 Å². The number of hydrogen-bond donors (Lipinski definition) is 1. The molecular weight excluding hydrogens is 236 g/mol. The second-order valence-electron chi connectivity index (χ2n) is 7.04. The Balaban J connectivity index is 2.01. The second kappa shape index (κ2) is 6.25. The van der Waals surface area contributed by atoms with Crippen molar-refractivity contribution in [2.45, 2.75) is 84.5 Å². The molecule has 0 aromatic heterocycles. The summed E-state index contributed by atoms with van der Waals surface area (Å²) in [4.78, 5) is 14.8. The van der Waals surface area contributed by atoms with Gasteiger partial charge in [-0.1, -0.05) is 33.6 Å². The summed E-state index contributed by atoms with van der Waals surface area (Å²) in [6.45, 7) is 8.87. The molecule has 2 aliphatic rings. The molecule has 0 radical (unpaired) electrons. The molecule has 1 amide bonds. The first-order valence-electron chi connectivity index (χ1n) is 8.07. The van der Waals surface area contributed by atoms with Crippen LogP contribution >= 0.6 is 0 Å². The summed E-state index contributed by atoms with van der Waals surface area (Å²) in [6, 6.07) is 0.521. The van der Waals surface area contributed by atoms with Crippen molar-refractivity contribution in [1.82, 2.24) is 10.2 Å². The Bertz CT molecular complexity index is 316. The molecule has 1 saturated heterocycles. The zero-order valence-corrected chi connectivity index (χ0v) is 13.0. The van der Waals surface area contributed by atoms with Crippen LogP contribution in [-0.2, 0) is 4.79 Å². The molecule has 1 heterocycles. The molecule has 0 aromatic rings. The zero-order valence-electron chi connectivity index (χ0n) is 13.0. The van der Waals surface area contributed by atoms with Crippen LogP contribution in [0.15, 0.2) is 0 Å². The molecule has 1 N–H and O–H groups in total. The fraction of sp³-hybridized carbons (Fsp3) is 0.938. The predicted octanol–water partition coefficient (Wildman–Crippen LogP) is 3.15. The highest BCUT2D eigenvalue weighted by molar-refractivity contribution is 5.84. The Morgan fingerprint density at radius 2 is 1.95 bits per heavy atom. The van der Waals surface area contributed by atoms with Crippen LogP contribution in [0.2, 0.25) is 0 Å². The zero-order chi connectivity index (χ0) is 14.0. The molecule has 3 heteroatoms. The van der Waals surface area contributed by atoms with Gasteiger partial charge in [0.2, 0.25) is 5.91 Å². The molecule has 0 spiro atoms. The molecule has 19 heavy (non-hydrogen) atoms. The smallest absolute Gasteiger partial charge is 0.241 e. The van der Waals surface area contributed by atoms with Crippen molar-refractivity contribution >= 4 is 5.91 Å². The van der Waals surface area contributed by atoms with Gasteiger partial charge >= 0.3 is 0 Å². The molecule has 0 aromatic carbocycles. The minimum Gasteiger partial charge on any atom is -0.323 e. The Labute approximate surface area is 118 Å². The van der Waals surface area contributed by atoms with Crippen molar-refractivity contribution in [2.24, 2.45) is 11.8 Å². The second-order valence-corrected chi connectivity index (χ2v) is 7.04. The Morgan fingerprint density at radius 3 is 2.63 bits per heavy atom. The normalized spacial score (nSPS) is 36.9. The summed E-state index contributed by atoms with van der Waals surface area (Å²) in [6.07, 6.45) is 7.44. The van der Waals surface area contributed by atoms with E-state index in [2.05, 4.69) is 37.9 Å². The Hall–Kier alpha value is -0.570. The number of nitrogens with zero attached hydrogens (tertiary/aromatic N) is 1. The summed E-state index contributed by atoms with van der Waals surface area (Å²) in [5, 5.41) is 3.49. The summed E-state index contributed by atoms with van der Waals surface area (Å²) in [7, 11) is 0. The Morgan fingerprint density at radius 1 is 1.21 bits per heavy atom. The first kappa shape index (κ1) is 14.8. The van der Waals surface area contributed by atoms with E-state index in [0.29, 0.717) is 17.9 Å². The maximum atomic E-state index is 12.6. The van der Waals surface area contributed by atoms with E-state index in [0.717, 1.165) is 12.3 Å². The molecular formula is C16H30N2O. The van der Waals surface area contributed by atoms with Gasteiger partial charge in [0.05, 0.1) is 12.2 Å². The van der Waals surface area contributed by atoms with Gasteiger partial charge in [0.25, 0.3) is 0 Å². The SMILES string of the molecule is CC(C)CC1NC(C)N(C2CCCC(C)CC2)C1=O. The highest BCUT2D eigenvalue weighted by atomic mass is 16.2. The third-order valence-corrected chi connectivity index (χ3v) is 4.74. The number of carbonyl (C=O) groups is 1. The van der Waals surface area contributed by atoms with E-state index in [9.17, 15) is 4.79 Å². The first-order valence-corrected chi connectivity index (χ1v) is 8.07. The fourth-order valence-electron chi connectivity index (χ4n) is 3.70. The van der Waals surface area contributed by atoms with Gasteiger partial charge in [-0.25, -0.2) is 0 Å². The lowest BCUT2D eigenvalue weighted by atomic mass is 10.0. The lowest BCUT2D eigenvalue weighted by molar-refractivity contribution is -0.132. The van der Waals surface area contributed by atoms with Crippen molar-refractivity contribution < 1.29 is 4.79 Å². The minimum atomic E-state index is 0.0516. The quantitative estimate of drug-likeness (QED) is 0.796. The van der Waals surface area contributed by atoms with E-state index >= 15 is 0 Å². The number of rotatable bonds is 3. The molecule has 110 valence electrons. The number of carbonyl (C=O) groups excluding carboxylic acids is 1. The van der Waals surface area contributed by atoms with Crippen LogP contribution in [0, 0.1) is 11.8 Å². The predicted molar refractivity (Wildman–Crippen MR) is 78.7 cm³/mol. The third kappa shape index (κ3) is 3.50. The van der Waals surface area contributed by atoms with E-state index in [4.69, 9.17) is 0 Å². The summed E-state index contributed by atoms with van der Waals surface area (Å²) < 4.78 is 0. The standard InChI is InChI=1S/C16H30N2O/c1-11(2)10-15-16(19)18(13(4)17-15)14-7-5-6-12(3)8-9-14/h11-15,17H,5-10H2,1-4H3. The lowest BCUT2D eigenvalue weighted by Crippen LogP contribution is -2.43. The highest BCUT2D eigenvalue weighted by Crippen LogP contribution is 2.29. The van der Waals surface area contributed by atoms with E-state index < -0.39 is 0 Å². The van der Waals surface area contributed by atoms with Crippen molar-refractivity contribution in [3.63, 3.8) is 0 Å². The van der Waals surface area contributed by atoms with E-state index in [-0.39, 0.29) is 12.2 Å². The van der Waals surface area contributed by atoms with Crippen molar-refractivity contribution in [3.8, 4) is 0 Å². The molecule has 1 aliphatic carbocycles. The third-order valence-electron chi connectivity index (χ3n) is 4.74. The van der Waals surface area contributed by atoms with Crippen LogP contribution in [0.1, 0.15) is 66.2 Å². The molecule has 2 rings (SSSR count). The topological polar surface area (TPSA) is 32.3 Å². The lowest BCUT2D eigenvalue weighted by Gasteiger charge is -2.30.